The Morgan fingerprint density at radius 3 is 0.714 bits per heavy atom. The Balaban J connectivity index is 1.09. The lowest BCUT2D eigenvalue weighted by atomic mass is 9.81. The second kappa shape index (κ2) is 20.6. The maximum absolute atomic E-state index is 15.9. The van der Waals surface area contributed by atoms with E-state index in [1.807, 2.05) is 0 Å². The number of nitro benzene ring substituents is 1. The Morgan fingerprint density at radius 1 is 0.275 bits per heavy atom. The van der Waals surface area contributed by atoms with Gasteiger partial charge in [-0.15, -0.1) is 0 Å². The Bertz CT molecular complexity index is 5320. The summed E-state index contributed by atoms with van der Waals surface area (Å²) in [7, 11) is 0. The fraction of sp³-hybridized carbons (Fsp3) is 0.0824. The number of nitro groups is 1. The molecule has 1 aliphatic carbocycles. The zero-order valence-electron chi connectivity index (χ0n) is 51.0. The number of nitrogens with zero attached hydrogens (tertiary/aromatic N) is 4. The molecule has 3 aromatic heterocycles. The van der Waals surface area contributed by atoms with Gasteiger partial charge in [0, 0.05) is 32.3 Å². The Hall–Kier alpha value is -11.3. The van der Waals surface area contributed by atoms with Crippen LogP contribution in [0.2, 0.25) is 0 Å². The lowest BCUT2D eigenvalue weighted by Crippen LogP contribution is -2.20. The van der Waals surface area contributed by atoms with Crippen molar-refractivity contribution in [2.45, 2.75) is 44.9 Å². The predicted octanol–water partition coefficient (Wildman–Crippen LogP) is 22.8. The smallest absolute Gasteiger partial charge is 0.307 e. The Labute approximate surface area is 527 Å². The normalized spacial score (nSPS) is 13.5. The minimum absolute atomic E-state index is 0.0347. The second-order valence-electron chi connectivity index (χ2n) is 25.9. The fourth-order valence-corrected chi connectivity index (χ4v) is 15.8. The summed E-state index contributed by atoms with van der Waals surface area (Å²) < 4.78 is 6.97. The zero-order valence-corrected chi connectivity index (χ0v) is 51.0. The van der Waals surface area contributed by atoms with Gasteiger partial charge in [0.25, 0.3) is 0 Å². The van der Waals surface area contributed by atoms with Gasteiger partial charge in [0.1, 0.15) is 5.69 Å². The summed E-state index contributed by atoms with van der Waals surface area (Å²) in [5.74, 6) is 0. The summed E-state index contributed by atoms with van der Waals surface area (Å²) in [5, 5.41) is 22.1. The van der Waals surface area contributed by atoms with Crippen LogP contribution in [0.1, 0.15) is 45.2 Å². The molecule has 0 atom stereocenters. The molecule has 6 nitrogen and oxygen atoms in total. The molecule has 1 aliphatic rings. The minimum Gasteiger partial charge on any atom is -0.307 e. The van der Waals surface area contributed by atoms with Crippen molar-refractivity contribution in [3.8, 4) is 83.8 Å². The lowest BCUT2D eigenvalue weighted by molar-refractivity contribution is -0.384. The van der Waals surface area contributed by atoms with Gasteiger partial charge in [0.15, 0.2) is 5.69 Å². The van der Waals surface area contributed by atoms with Crippen LogP contribution in [0, 0.1) is 10.1 Å². The second-order valence-corrected chi connectivity index (χ2v) is 25.9. The molecule has 0 saturated heterocycles. The van der Waals surface area contributed by atoms with Crippen molar-refractivity contribution in [2.24, 2.45) is 0 Å². The summed E-state index contributed by atoms with van der Waals surface area (Å²) in [5.41, 5.74) is 21.4. The molecule has 3 heterocycles. The van der Waals surface area contributed by atoms with Gasteiger partial charge < -0.3 is 13.7 Å². The lowest BCUT2D eigenvalue weighted by Gasteiger charge is -2.29. The number of aromatic nitrogens is 3. The van der Waals surface area contributed by atoms with Crippen molar-refractivity contribution in [1.82, 2.24) is 13.7 Å². The van der Waals surface area contributed by atoms with Gasteiger partial charge in [0.05, 0.1) is 43.7 Å². The Kier molecular flexibility index (Phi) is 12.2. The third-order valence-electron chi connectivity index (χ3n) is 19.4. The van der Waals surface area contributed by atoms with Crippen LogP contribution in [-0.2, 0) is 10.8 Å². The molecular weight excluding hydrogens is 1110 g/mol. The van der Waals surface area contributed by atoms with E-state index in [1.54, 1.807) is 0 Å². The van der Waals surface area contributed by atoms with Crippen molar-refractivity contribution in [3.05, 3.63) is 312 Å². The van der Waals surface area contributed by atoms with Crippen LogP contribution in [-0.4, -0.2) is 18.6 Å². The van der Waals surface area contributed by atoms with Crippen molar-refractivity contribution in [2.75, 3.05) is 0 Å². The topological polar surface area (TPSA) is 57.9 Å². The molecule has 0 bridgehead atoms. The van der Waals surface area contributed by atoms with Crippen LogP contribution in [0.25, 0.3) is 149 Å². The number of hydrogen-bond acceptors (Lipinski definition) is 2. The largest absolute Gasteiger partial charge is 0.319 e. The number of rotatable bonds is 10. The van der Waals surface area contributed by atoms with Crippen LogP contribution >= 0.6 is 0 Å². The first-order valence-electron chi connectivity index (χ1n) is 31.5. The molecular formula is C85H62N4O2. The maximum atomic E-state index is 15.9. The molecule has 0 fully saturated rings. The predicted molar refractivity (Wildman–Crippen MR) is 379 cm³/mol. The van der Waals surface area contributed by atoms with Crippen molar-refractivity contribution in [1.29, 1.82) is 0 Å². The first-order valence-corrected chi connectivity index (χ1v) is 31.5. The molecule has 16 aromatic rings. The van der Waals surface area contributed by atoms with E-state index in [4.69, 9.17) is 0 Å². The highest BCUT2D eigenvalue weighted by Gasteiger charge is 2.51. The van der Waals surface area contributed by atoms with Crippen LogP contribution in [0.3, 0.4) is 0 Å². The van der Waals surface area contributed by atoms with E-state index in [0.717, 1.165) is 155 Å². The van der Waals surface area contributed by atoms with Crippen LogP contribution in [0.5, 0.6) is 0 Å². The molecule has 0 aliphatic heterocycles. The monoisotopic (exact) mass is 1170 g/mol. The molecule has 0 amide bonds. The molecule has 434 valence electrons. The van der Waals surface area contributed by atoms with Gasteiger partial charge in [-0.2, -0.15) is 0 Å². The third-order valence-corrected chi connectivity index (χ3v) is 19.4. The van der Waals surface area contributed by atoms with Gasteiger partial charge in [0.2, 0.25) is 0 Å². The summed E-state index contributed by atoms with van der Waals surface area (Å²) in [6.45, 7) is 9.36. The molecule has 0 unspecified atom stereocenters. The molecule has 0 radical (unpaired) electrons. The van der Waals surface area contributed by atoms with Crippen LogP contribution in [0.4, 0.5) is 5.69 Å². The van der Waals surface area contributed by atoms with Crippen molar-refractivity contribution < 1.29 is 4.92 Å². The molecule has 17 rings (SSSR count). The SMILES string of the molecule is CC1(C)CC(C)(C)c2c(-n3c4ccc(-c5ccccc5)cc4c4cc(-c5ccccc5)ccc43)c([N+](=O)[O-])c(-n3c4ccc(-c5ccccc5)cc4c4cc(-c5ccccc5)ccc43)c(-n3c4ccc(-c5ccccc5)cc4c4cc(-c5ccccc5)ccc43)c21. The van der Waals surface area contributed by atoms with Crippen LogP contribution < -0.4 is 0 Å². The summed E-state index contributed by atoms with van der Waals surface area (Å²) in [6, 6.07) is 104. The Morgan fingerprint density at radius 2 is 0.484 bits per heavy atom. The van der Waals surface area contributed by atoms with E-state index >= 15 is 10.1 Å². The summed E-state index contributed by atoms with van der Waals surface area (Å²) in [4.78, 5) is 15.9. The maximum Gasteiger partial charge on any atom is 0.319 e. The van der Waals surface area contributed by atoms with Crippen molar-refractivity contribution >= 4 is 71.1 Å². The molecule has 0 N–H and O–H groups in total. The average Bonchev–Trinajstić information content (AvgIpc) is 1.54. The van der Waals surface area contributed by atoms with Gasteiger partial charge in [-0.05, 0) is 168 Å². The first kappa shape index (κ1) is 53.9. The molecule has 13 aromatic carbocycles. The van der Waals surface area contributed by atoms with Crippen LogP contribution in [0.15, 0.2) is 291 Å². The molecule has 6 heteroatoms. The fourth-order valence-electron chi connectivity index (χ4n) is 15.8. The van der Waals surface area contributed by atoms with E-state index in [9.17, 15) is 0 Å². The quantitative estimate of drug-likeness (QED) is 0.101. The zero-order chi connectivity index (χ0) is 61.3. The van der Waals surface area contributed by atoms with E-state index in [-0.39, 0.29) is 10.6 Å². The molecule has 0 spiro atoms. The van der Waals surface area contributed by atoms with Gasteiger partial charge in [-0.3, -0.25) is 10.1 Å². The standard InChI is InChI=1S/C85H62N4O2/c1-84(2)53-85(3,4)79-78(84)80(86-72-41-35-60(54-23-11-5-12-24-54)47-66(72)67-48-61(36-42-73(67)86)55-25-13-6-14-26-55)82(88-76-45-39-64(58-31-19-9-20-32-58)51-70(76)71-52-65(40-46-77(71)88)59-33-21-10-22-34-59)83(89(90)91)81(79)87-74-43-37-62(56-27-15-7-16-28-56)49-68(74)69-50-63(38-44-75(69)87)57-29-17-8-18-30-57/h5-52H,53H2,1-4H3. The van der Waals surface area contributed by atoms with E-state index < -0.39 is 10.8 Å². The average molecular weight is 1170 g/mol. The first-order chi connectivity index (χ1) is 44.5. The summed E-state index contributed by atoms with van der Waals surface area (Å²) in [6.07, 6.45) is 0.727. The number of benzene rings is 13. The third kappa shape index (κ3) is 8.54. The van der Waals surface area contributed by atoms with Gasteiger partial charge >= 0.3 is 5.69 Å². The highest BCUT2D eigenvalue weighted by molar-refractivity contribution is 6.17. The van der Waals surface area contributed by atoms with E-state index in [2.05, 4.69) is 333 Å². The van der Waals surface area contributed by atoms with Gasteiger partial charge in [-0.25, -0.2) is 0 Å². The van der Waals surface area contributed by atoms with E-state index in [0.29, 0.717) is 11.4 Å². The van der Waals surface area contributed by atoms with E-state index in [1.165, 1.54) is 0 Å². The molecule has 91 heavy (non-hydrogen) atoms. The van der Waals surface area contributed by atoms with Crippen molar-refractivity contribution in [3.63, 3.8) is 0 Å². The number of hydrogen-bond donors (Lipinski definition) is 0. The highest BCUT2D eigenvalue weighted by Crippen LogP contribution is 2.60. The highest BCUT2D eigenvalue weighted by atomic mass is 16.6. The summed E-state index contributed by atoms with van der Waals surface area (Å²) >= 11 is 0. The molecule has 0 saturated carbocycles. The number of fused-ring (bicyclic) bond motifs is 10. The minimum atomic E-state index is -0.585. The van der Waals surface area contributed by atoms with Gasteiger partial charge in [-0.1, -0.05) is 246 Å².